The standard InChI is InChI=1S/C23H23N5O2/c1-4-27-19(24)17(22(29)25-15(3)16-10-6-5-7-11-16)13-18-21(27)26-20-14(2)9-8-12-28(20)23(18)30/h5-13,15,24H,4H2,1-3H3,(H,25,29)/p+1/t15-/m1/s1. The molecule has 0 radical (unpaired) electrons. The molecule has 0 bridgehead atoms. The molecule has 0 fully saturated rings. The van der Waals surface area contributed by atoms with Gasteiger partial charge in [0.05, 0.1) is 12.6 Å². The van der Waals surface area contributed by atoms with Gasteiger partial charge >= 0.3 is 0 Å². The van der Waals surface area contributed by atoms with Crippen molar-refractivity contribution in [3.8, 4) is 0 Å². The third-order valence-corrected chi connectivity index (χ3v) is 5.38. The summed E-state index contributed by atoms with van der Waals surface area (Å²) in [7, 11) is 0. The molecule has 7 heteroatoms. The Balaban J connectivity index is 1.88. The van der Waals surface area contributed by atoms with E-state index in [-0.39, 0.29) is 28.9 Å². The highest BCUT2D eigenvalue weighted by molar-refractivity contribution is 6.00. The molecule has 4 rings (SSSR count). The number of nitrogens with two attached hydrogens (primary N) is 1. The maximum atomic E-state index is 13.2. The number of aryl methyl sites for hydroxylation is 2. The van der Waals surface area contributed by atoms with Gasteiger partial charge in [0.25, 0.3) is 17.1 Å². The van der Waals surface area contributed by atoms with Crippen LogP contribution >= 0.6 is 0 Å². The lowest BCUT2D eigenvalue weighted by molar-refractivity contribution is -0.655. The molecule has 152 valence electrons. The number of nitrogens with zero attached hydrogens (tertiary/aromatic N) is 3. The summed E-state index contributed by atoms with van der Waals surface area (Å²) in [6.07, 6.45) is 1.68. The van der Waals surface area contributed by atoms with Crippen LogP contribution in [0, 0.1) is 6.92 Å². The lowest BCUT2D eigenvalue weighted by Crippen LogP contribution is -2.42. The SMILES string of the molecule is CC[n+]1c(N)c(C(=O)N[C@H](C)c2ccccc2)cc2c(=O)n3cccc(C)c3nc21. The van der Waals surface area contributed by atoms with E-state index in [0.29, 0.717) is 23.2 Å². The topological polar surface area (TPSA) is 93.4 Å². The second kappa shape index (κ2) is 7.59. The van der Waals surface area contributed by atoms with Crippen LogP contribution in [0.3, 0.4) is 0 Å². The van der Waals surface area contributed by atoms with Gasteiger partial charge in [-0.25, -0.2) is 4.57 Å². The van der Waals surface area contributed by atoms with Gasteiger partial charge < -0.3 is 11.1 Å². The largest absolute Gasteiger partial charge is 0.345 e. The first kappa shape index (κ1) is 19.6. The van der Waals surface area contributed by atoms with Crippen molar-refractivity contribution in [1.82, 2.24) is 14.7 Å². The molecule has 0 spiro atoms. The lowest BCUT2D eigenvalue weighted by Gasteiger charge is -2.16. The number of hydrogen-bond donors (Lipinski definition) is 2. The van der Waals surface area contributed by atoms with E-state index in [1.807, 2.05) is 57.2 Å². The van der Waals surface area contributed by atoms with Gasteiger partial charge in [0, 0.05) is 11.8 Å². The number of pyridine rings is 2. The molecule has 0 saturated carbocycles. The molecule has 0 aliphatic heterocycles. The van der Waals surface area contributed by atoms with Gasteiger partial charge in [-0.05, 0) is 38.5 Å². The summed E-state index contributed by atoms with van der Waals surface area (Å²) in [6.45, 7) is 6.20. The van der Waals surface area contributed by atoms with Crippen LogP contribution < -0.4 is 21.2 Å². The van der Waals surface area contributed by atoms with E-state index in [0.717, 1.165) is 11.1 Å². The summed E-state index contributed by atoms with van der Waals surface area (Å²) < 4.78 is 3.22. The highest BCUT2D eigenvalue weighted by atomic mass is 16.2. The van der Waals surface area contributed by atoms with Crippen molar-refractivity contribution < 1.29 is 9.36 Å². The Morgan fingerprint density at radius 3 is 2.67 bits per heavy atom. The molecule has 0 saturated heterocycles. The number of aromatic nitrogens is 3. The van der Waals surface area contributed by atoms with Crippen LogP contribution in [-0.2, 0) is 6.54 Å². The predicted molar refractivity (Wildman–Crippen MR) is 116 cm³/mol. The normalized spacial score (nSPS) is 12.2. The Hall–Kier alpha value is -3.74. The fraction of sp³-hybridized carbons (Fsp3) is 0.217. The maximum Gasteiger partial charge on any atom is 0.278 e. The number of fused-ring (bicyclic) bond motifs is 2. The van der Waals surface area contributed by atoms with E-state index in [1.165, 1.54) is 4.40 Å². The lowest BCUT2D eigenvalue weighted by atomic mass is 10.1. The van der Waals surface area contributed by atoms with Crippen molar-refractivity contribution in [1.29, 1.82) is 0 Å². The molecule has 3 heterocycles. The predicted octanol–water partition coefficient (Wildman–Crippen LogP) is 2.54. The number of carbonyl (C=O) groups is 1. The van der Waals surface area contributed by atoms with Crippen molar-refractivity contribution in [2.24, 2.45) is 0 Å². The van der Waals surface area contributed by atoms with Gasteiger partial charge in [-0.2, -0.15) is 0 Å². The van der Waals surface area contributed by atoms with Crippen LogP contribution in [0.25, 0.3) is 16.7 Å². The molecule has 1 atom stereocenters. The molecule has 1 amide bonds. The second-order valence-corrected chi connectivity index (χ2v) is 7.33. The van der Waals surface area contributed by atoms with Gasteiger partial charge in [0.15, 0.2) is 0 Å². The van der Waals surface area contributed by atoms with Crippen LogP contribution in [0.1, 0.15) is 41.4 Å². The summed E-state index contributed by atoms with van der Waals surface area (Å²) >= 11 is 0. The molecule has 0 aliphatic rings. The number of hydrogen-bond acceptors (Lipinski definition) is 4. The van der Waals surface area contributed by atoms with E-state index >= 15 is 0 Å². The summed E-state index contributed by atoms with van der Waals surface area (Å²) in [5.41, 5.74) is 9.31. The van der Waals surface area contributed by atoms with Gasteiger partial charge in [0.1, 0.15) is 10.9 Å². The summed E-state index contributed by atoms with van der Waals surface area (Å²) in [4.78, 5) is 30.9. The third-order valence-electron chi connectivity index (χ3n) is 5.38. The zero-order valence-electron chi connectivity index (χ0n) is 17.2. The Labute approximate surface area is 173 Å². The van der Waals surface area contributed by atoms with Crippen molar-refractivity contribution in [3.63, 3.8) is 0 Å². The minimum Gasteiger partial charge on any atom is -0.345 e. The Bertz CT molecular complexity index is 1330. The molecule has 0 aliphatic carbocycles. The molecule has 1 aromatic carbocycles. The first-order valence-electron chi connectivity index (χ1n) is 9.92. The molecule has 3 aromatic heterocycles. The van der Waals surface area contributed by atoms with Gasteiger partial charge in [-0.15, -0.1) is 0 Å². The van der Waals surface area contributed by atoms with Crippen molar-refractivity contribution >= 4 is 28.4 Å². The number of nitrogen functional groups attached to an aromatic ring is 1. The number of amides is 1. The molecular formula is C23H24N5O2+. The minimum atomic E-state index is -0.332. The van der Waals surface area contributed by atoms with Crippen molar-refractivity contribution in [2.45, 2.75) is 33.4 Å². The third kappa shape index (κ3) is 3.18. The zero-order valence-corrected chi connectivity index (χ0v) is 17.2. The van der Waals surface area contributed by atoms with E-state index in [1.54, 1.807) is 22.9 Å². The van der Waals surface area contributed by atoms with Crippen LogP contribution in [0.2, 0.25) is 0 Å². The van der Waals surface area contributed by atoms with Crippen molar-refractivity contribution in [3.05, 3.63) is 81.8 Å². The number of benzene rings is 1. The van der Waals surface area contributed by atoms with E-state index in [4.69, 9.17) is 10.7 Å². The molecule has 30 heavy (non-hydrogen) atoms. The zero-order chi connectivity index (χ0) is 21.4. The van der Waals surface area contributed by atoms with Crippen LogP contribution in [0.15, 0.2) is 59.5 Å². The number of carbonyl (C=O) groups excluding carboxylic acids is 1. The highest BCUT2D eigenvalue weighted by Crippen LogP contribution is 2.18. The van der Waals surface area contributed by atoms with Gasteiger partial charge in [-0.1, -0.05) is 41.4 Å². The van der Waals surface area contributed by atoms with Crippen LogP contribution in [0.4, 0.5) is 5.82 Å². The number of rotatable bonds is 4. The molecule has 3 N–H and O–H groups in total. The summed E-state index contributed by atoms with van der Waals surface area (Å²) in [6, 6.07) is 14.7. The fourth-order valence-electron chi connectivity index (χ4n) is 3.71. The van der Waals surface area contributed by atoms with Gasteiger partial charge in [0.2, 0.25) is 11.5 Å². The minimum absolute atomic E-state index is 0.206. The first-order valence-corrected chi connectivity index (χ1v) is 9.92. The molecular weight excluding hydrogens is 378 g/mol. The Kier molecular flexibility index (Phi) is 4.95. The first-order chi connectivity index (χ1) is 14.4. The highest BCUT2D eigenvalue weighted by Gasteiger charge is 2.24. The Morgan fingerprint density at radius 1 is 1.23 bits per heavy atom. The monoisotopic (exact) mass is 402 g/mol. The average Bonchev–Trinajstić information content (AvgIpc) is 2.75. The van der Waals surface area contributed by atoms with Crippen LogP contribution in [0.5, 0.6) is 0 Å². The maximum absolute atomic E-state index is 13.2. The van der Waals surface area contributed by atoms with Crippen LogP contribution in [-0.4, -0.2) is 15.3 Å². The second-order valence-electron chi connectivity index (χ2n) is 7.33. The molecule has 7 nitrogen and oxygen atoms in total. The van der Waals surface area contributed by atoms with Crippen molar-refractivity contribution in [2.75, 3.05) is 5.73 Å². The molecule has 4 aromatic rings. The summed E-state index contributed by atoms with van der Waals surface area (Å²) in [5, 5.41) is 3.33. The number of nitrogens with one attached hydrogen (secondary N) is 1. The fourth-order valence-corrected chi connectivity index (χ4v) is 3.71. The average molecular weight is 402 g/mol. The van der Waals surface area contributed by atoms with E-state index in [9.17, 15) is 9.59 Å². The Morgan fingerprint density at radius 2 is 1.97 bits per heavy atom. The summed E-state index contributed by atoms with van der Waals surface area (Å²) in [5.74, 6) is -0.0470. The number of anilines is 1. The quantitative estimate of drug-likeness (QED) is 0.405. The van der Waals surface area contributed by atoms with E-state index in [2.05, 4.69) is 5.32 Å². The smallest absolute Gasteiger partial charge is 0.278 e. The van der Waals surface area contributed by atoms with Gasteiger partial charge in [-0.3, -0.25) is 14.0 Å². The molecule has 0 unspecified atom stereocenters. The van der Waals surface area contributed by atoms with E-state index < -0.39 is 0 Å².